The average Bonchev–Trinajstić information content (AvgIpc) is 2.84. The maximum Gasteiger partial charge on any atom is 0.328 e. The van der Waals surface area contributed by atoms with E-state index in [9.17, 15) is 19.5 Å². The number of carboxylic acid groups (broad SMARTS) is 1. The van der Waals surface area contributed by atoms with Crippen LogP contribution in [0.5, 0.6) is 5.75 Å². The van der Waals surface area contributed by atoms with E-state index in [1.54, 1.807) is 55.6 Å². The number of hydrogen-bond donors (Lipinski definition) is 1. The zero-order chi connectivity index (χ0) is 24.7. The molecule has 0 radical (unpaired) electrons. The molecule has 3 rings (SSSR count). The molecule has 1 fully saturated rings. The molecule has 1 aliphatic heterocycles. The van der Waals surface area contributed by atoms with Gasteiger partial charge in [0.05, 0.1) is 20.0 Å². The summed E-state index contributed by atoms with van der Waals surface area (Å²) in [5.74, 6) is -0.815. The highest BCUT2D eigenvalue weighted by Crippen LogP contribution is 2.35. The van der Waals surface area contributed by atoms with Crippen molar-refractivity contribution in [3.63, 3.8) is 0 Å². The van der Waals surface area contributed by atoms with Gasteiger partial charge in [0, 0.05) is 35.0 Å². The van der Waals surface area contributed by atoms with E-state index in [2.05, 4.69) is 0 Å². The first-order chi connectivity index (χ1) is 16.3. The predicted octanol–water partition coefficient (Wildman–Crippen LogP) is 4.26. The van der Waals surface area contributed by atoms with Crippen LogP contribution in [-0.4, -0.2) is 66.0 Å². The summed E-state index contributed by atoms with van der Waals surface area (Å²) in [4.78, 5) is 38.8. The number of aliphatic carboxylic acids is 1. The third-order valence-electron chi connectivity index (χ3n) is 5.58. The molecule has 0 unspecified atom stereocenters. The van der Waals surface area contributed by atoms with Gasteiger partial charge in [-0.2, -0.15) is 0 Å². The Hall–Kier alpha value is -2.81. The standard InChI is InChI=1S/C25H26ClNO6S/c1-32-18-7-5-6-16(12-18)21(28)15-34-22-10-11-27(14-17(22)13-23(29)30)24(25(31)33-2)19-8-3-4-9-20(19)26/h3-9,12-13,22,24H,10-11,14-15H2,1-2H3,(H,29,30)/b17-13-/t22-,24+/m1/s1. The number of methoxy groups -OCH3 is 2. The smallest absolute Gasteiger partial charge is 0.328 e. The first kappa shape index (κ1) is 25.8. The quantitative estimate of drug-likeness (QED) is 0.308. The van der Waals surface area contributed by atoms with Gasteiger partial charge in [-0.1, -0.05) is 41.9 Å². The Morgan fingerprint density at radius 3 is 2.65 bits per heavy atom. The number of carbonyl (C=O) groups excluding carboxylic acids is 2. The summed E-state index contributed by atoms with van der Waals surface area (Å²) in [5, 5.41) is 9.70. The average molecular weight is 504 g/mol. The minimum atomic E-state index is -1.08. The molecule has 0 aliphatic carbocycles. The molecule has 34 heavy (non-hydrogen) atoms. The van der Waals surface area contributed by atoms with Crippen molar-refractivity contribution in [2.24, 2.45) is 0 Å². The molecule has 0 spiro atoms. The number of likely N-dealkylation sites (tertiary alicyclic amines) is 1. The van der Waals surface area contributed by atoms with Gasteiger partial charge in [0.15, 0.2) is 5.78 Å². The number of carbonyl (C=O) groups is 3. The Kier molecular flexibility index (Phi) is 9.15. The van der Waals surface area contributed by atoms with Gasteiger partial charge in [0.1, 0.15) is 11.8 Å². The van der Waals surface area contributed by atoms with Crippen LogP contribution in [0, 0.1) is 0 Å². The maximum atomic E-state index is 12.7. The molecule has 0 aromatic heterocycles. The number of thioether (sulfide) groups is 1. The number of ether oxygens (including phenoxy) is 2. The SMILES string of the molecule is COC(=O)[C@H](c1ccccc1Cl)N1CC[C@@H](SCC(=O)c2cccc(OC)c2)/C(=C\C(=O)O)C1. The number of halogens is 1. The van der Waals surface area contributed by atoms with Crippen molar-refractivity contribution in [1.82, 2.24) is 4.90 Å². The number of nitrogens with zero attached hydrogens (tertiary/aromatic N) is 1. The molecule has 0 bridgehead atoms. The molecule has 2 aromatic carbocycles. The van der Waals surface area contributed by atoms with Gasteiger partial charge in [-0.25, -0.2) is 9.59 Å². The van der Waals surface area contributed by atoms with Crippen LogP contribution < -0.4 is 4.74 Å². The van der Waals surface area contributed by atoms with Crippen LogP contribution in [0.25, 0.3) is 0 Å². The molecular formula is C25H26ClNO6S. The van der Waals surface area contributed by atoms with Crippen molar-refractivity contribution in [2.75, 3.05) is 33.1 Å². The van der Waals surface area contributed by atoms with Crippen LogP contribution in [0.3, 0.4) is 0 Å². The van der Waals surface area contributed by atoms with E-state index in [-0.39, 0.29) is 23.3 Å². The van der Waals surface area contributed by atoms with Crippen molar-refractivity contribution in [2.45, 2.75) is 17.7 Å². The van der Waals surface area contributed by atoms with Gasteiger partial charge >= 0.3 is 11.9 Å². The topological polar surface area (TPSA) is 93.1 Å². The molecule has 1 saturated heterocycles. The Morgan fingerprint density at radius 2 is 1.97 bits per heavy atom. The minimum absolute atomic E-state index is 0.0653. The minimum Gasteiger partial charge on any atom is -0.497 e. The van der Waals surface area contributed by atoms with Gasteiger partial charge in [-0.15, -0.1) is 11.8 Å². The normalized spacial score (nSPS) is 18.3. The molecule has 0 amide bonds. The molecule has 9 heteroatoms. The second-order valence-corrected chi connectivity index (χ2v) is 9.32. The monoisotopic (exact) mass is 503 g/mol. The van der Waals surface area contributed by atoms with E-state index in [4.69, 9.17) is 21.1 Å². The largest absolute Gasteiger partial charge is 0.497 e. The fraction of sp³-hybridized carbons (Fsp3) is 0.320. The molecule has 1 N–H and O–H groups in total. The summed E-state index contributed by atoms with van der Waals surface area (Å²) in [7, 11) is 2.85. The van der Waals surface area contributed by atoms with E-state index in [1.165, 1.54) is 24.9 Å². The Labute approximate surface area is 207 Å². The van der Waals surface area contributed by atoms with Gasteiger partial charge in [0.2, 0.25) is 0 Å². The maximum absolute atomic E-state index is 12.7. The van der Waals surface area contributed by atoms with Crippen molar-refractivity contribution in [1.29, 1.82) is 0 Å². The van der Waals surface area contributed by atoms with Gasteiger partial charge in [-0.3, -0.25) is 9.69 Å². The van der Waals surface area contributed by atoms with E-state index >= 15 is 0 Å². The summed E-state index contributed by atoms with van der Waals surface area (Å²) in [6.07, 6.45) is 1.73. The number of rotatable bonds is 9. The fourth-order valence-electron chi connectivity index (χ4n) is 3.93. The molecule has 2 atom stereocenters. The molecule has 7 nitrogen and oxygen atoms in total. The Bertz CT molecular complexity index is 1090. The zero-order valence-corrected chi connectivity index (χ0v) is 20.5. The number of Topliss-reactive ketones (excluding diaryl/α,β-unsaturated/α-hetero) is 1. The van der Waals surface area contributed by atoms with Crippen LogP contribution in [0.4, 0.5) is 0 Å². The second-order valence-electron chi connectivity index (χ2n) is 7.72. The van der Waals surface area contributed by atoms with Crippen LogP contribution >= 0.6 is 23.4 Å². The molecule has 180 valence electrons. The Morgan fingerprint density at radius 1 is 1.21 bits per heavy atom. The summed E-state index contributed by atoms with van der Waals surface area (Å²) >= 11 is 7.76. The van der Waals surface area contributed by atoms with Gasteiger partial charge in [-0.05, 0) is 35.8 Å². The molecule has 1 aliphatic rings. The highest BCUT2D eigenvalue weighted by Gasteiger charge is 2.35. The lowest BCUT2D eigenvalue weighted by molar-refractivity contribution is -0.147. The van der Waals surface area contributed by atoms with E-state index in [0.717, 1.165) is 0 Å². The predicted molar refractivity (Wildman–Crippen MR) is 132 cm³/mol. The first-order valence-electron chi connectivity index (χ1n) is 10.6. The van der Waals surface area contributed by atoms with E-state index in [0.29, 0.717) is 40.4 Å². The zero-order valence-electron chi connectivity index (χ0n) is 18.9. The lowest BCUT2D eigenvalue weighted by atomic mass is 9.98. The number of hydrogen-bond acceptors (Lipinski definition) is 7. The highest BCUT2D eigenvalue weighted by molar-refractivity contribution is 8.00. The number of esters is 1. The molecule has 1 heterocycles. The summed E-state index contributed by atoms with van der Waals surface area (Å²) in [6, 6.07) is 13.2. The van der Waals surface area contributed by atoms with Gasteiger partial charge in [0.25, 0.3) is 0 Å². The van der Waals surface area contributed by atoms with E-state index < -0.39 is 18.0 Å². The molecule has 2 aromatic rings. The van der Waals surface area contributed by atoms with Crippen molar-refractivity contribution >= 4 is 41.1 Å². The lowest BCUT2D eigenvalue weighted by Crippen LogP contribution is -2.43. The van der Waals surface area contributed by atoms with E-state index in [1.807, 2.05) is 4.90 Å². The second kappa shape index (κ2) is 12.1. The fourth-order valence-corrected chi connectivity index (χ4v) is 5.32. The van der Waals surface area contributed by atoms with Crippen LogP contribution in [-0.2, 0) is 14.3 Å². The van der Waals surface area contributed by atoms with Crippen LogP contribution in [0.15, 0.2) is 60.2 Å². The van der Waals surface area contributed by atoms with Gasteiger partial charge < -0.3 is 14.6 Å². The third-order valence-corrected chi connectivity index (χ3v) is 7.30. The van der Waals surface area contributed by atoms with Crippen molar-refractivity contribution in [3.8, 4) is 5.75 Å². The summed E-state index contributed by atoms with van der Waals surface area (Å²) in [5.41, 5.74) is 1.77. The lowest BCUT2D eigenvalue weighted by Gasteiger charge is -2.38. The summed E-state index contributed by atoms with van der Waals surface area (Å²) < 4.78 is 10.2. The number of piperidine rings is 1. The van der Waals surface area contributed by atoms with Crippen molar-refractivity contribution in [3.05, 3.63) is 76.3 Å². The highest BCUT2D eigenvalue weighted by atomic mass is 35.5. The Balaban J connectivity index is 1.77. The number of ketones is 1. The van der Waals surface area contributed by atoms with Crippen molar-refractivity contribution < 1.29 is 29.0 Å². The third kappa shape index (κ3) is 6.40. The molecule has 0 saturated carbocycles. The summed E-state index contributed by atoms with van der Waals surface area (Å²) in [6.45, 7) is 0.745. The van der Waals surface area contributed by atoms with Crippen LogP contribution in [0.1, 0.15) is 28.4 Å². The van der Waals surface area contributed by atoms with Crippen LogP contribution in [0.2, 0.25) is 5.02 Å². The first-order valence-corrected chi connectivity index (χ1v) is 12.0. The number of carboxylic acids is 1. The number of benzene rings is 2. The molecular weight excluding hydrogens is 478 g/mol.